The van der Waals surface area contributed by atoms with Gasteiger partial charge in [-0.3, -0.25) is 0 Å². The van der Waals surface area contributed by atoms with E-state index < -0.39 is 0 Å². The number of hydrogen-bond acceptors (Lipinski definition) is 2. The molecule has 1 aliphatic carbocycles. The Bertz CT molecular complexity index is 675. The minimum absolute atomic E-state index is 0.0565. The number of hydrogen-bond donors (Lipinski definition) is 1. The average Bonchev–Trinajstić information content (AvgIpc) is 3.07. The topological polar surface area (TPSA) is 21.3 Å². The van der Waals surface area contributed by atoms with E-state index in [-0.39, 0.29) is 5.60 Å². The summed E-state index contributed by atoms with van der Waals surface area (Å²) in [6.07, 6.45) is 7.17. The summed E-state index contributed by atoms with van der Waals surface area (Å²) in [6, 6.07) is 20.2. The minimum Gasteiger partial charge on any atom is -0.487 e. The molecule has 0 amide bonds. The quantitative estimate of drug-likeness (QED) is 0.795. The van der Waals surface area contributed by atoms with Gasteiger partial charge in [0.05, 0.1) is 0 Å². The maximum atomic E-state index is 6.49. The van der Waals surface area contributed by atoms with Gasteiger partial charge in [0.1, 0.15) is 11.4 Å². The lowest BCUT2D eigenvalue weighted by atomic mass is 9.85. The normalized spacial score (nSPS) is 22.8. The van der Waals surface area contributed by atoms with E-state index in [1.54, 1.807) is 0 Å². The second-order valence-electron chi connectivity index (χ2n) is 7.32. The first-order valence-corrected chi connectivity index (χ1v) is 9.39. The molecule has 1 aliphatic heterocycles. The Morgan fingerprint density at radius 2 is 1.75 bits per heavy atom. The Kier molecular flexibility index (Phi) is 4.32. The van der Waals surface area contributed by atoms with Crippen LogP contribution in [0.4, 0.5) is 0 Å². The van der Waals surface area contributed by atoms with E-state index in [1.165, 1.54) is 36.8 Å². The summed E-state index contributed by atoms with van der Waals surface area (Å²) < 4.78 is 6.49. The molecule has 2 heteroatoms. The molecule has 0 saturated heterocycles. The van der Waals surface area contributed by atoms with Crippen molar-refractivity contribution in [2.75, 3.05) is 0 Å². The van der Waals surface area contributed by atoms with E-state index in [0.29, 0.717) is 12.1 Å². The fourth-order valence-corrected chi connectivity index (χ4v) is 4.47. The number of fused-ring (bicyclic) bond motifs is 1. The number of benzene rings is 2. The van der Waals surface area contributed by atoms with E-state index in [2.05, 4.69) is 66.8 Å². The predicted octanol–water partition coefficient (Wildman–Crippen LogP) is 5.56. The van der Waals surface area contributed by atoms with Crippen molar-refractivity contribution in [2.24, 2.45) is 0 Å². The molecule has 0 bridgehead atoms. The molecule has 24 heavy (non-hydrogen) atoms. The largest absolute Gasteiger partial charge is 0.487 e. The molecule has 1 heterocycles. The first-order valence-electron chi connectivity index (χ1n) is 9.39. The smallest absolute Gasteiger partial charge is 0.124 e. The lowest BCUT2D eigenvalue weighted by Gasteiger charge is -2.41. The van der Waals surface area contributed by atoms with E-state index in [9.17, 15) is 0 Å². The van der Waals surface area contributed by atoms with Crippen molar-refractivity contribution in [3.63, 3.8) is 0 Å². The van der Waals surface area contributed by atoms with Crippen LogP contribution in [0.1, 0.15) is 68.7 Å². The monoisotopic (exact) mass is 321 g/mol. The molecule has 1 spiro atoms. The van der Waals surface area contributed by atoms with Crippen molar-refractivity contribution < 1.29 is 4.74 Å². The molecule has 2 nitrogen and oxygen atoms in total. The number of rotatable bonds is 4. The Balaban J connectivity index is 1.63. The molecule has 1 fully saturated rings. The highest BCUT2D eigenvalue weighted by atomic mass is 16.5. The van der Waals surface area contributed by atoms with Gasteiger partial charge in [-0.15, -0.1) is 0 Å². The first-order chi connectivity index (χ1) is 11.8. The molecule has 2 atom stereocenters. The zero-order valence-corrected chi connectivity index (χ0v) is 14.5. The molecular weight excluding hydrogens is 294 g/mol. The molecule has 0 aromatic heterocycles. The third-order valence-corrected chi connectivity index (χ3v) is 5.72. The molecule has 1 saturated carbocycles. The Labute approximate surface area is 145 Å². The van der Waals surface area contributed by atoms with E-state index >= 15 is 0 Å². The van der Waals surface area contributed by atoms with Gasteiger partial charge in [-0.2, -0.15) is 0 Å². The van der Waals surface area contributed by atoms with Crippen LogP contribution < -0.4 is 10.1 Å². The standard InChI is InChI=1S/C22H27NO/c1-2-19(17-10-4-3-5-11-17)23-20-16-22(14-8-9-15-22)24-21-13-7-6-12-18(20)21/h3-7,10-13,19-20,23H,2,8-9,14-16H2,1H3. The van der Waals surface area contributed by atoms with Crippen LogP contribution in [0.2, 0.25) is 0 Å². The summed E-state index contributed by atoms with van der Waals surface area (Å²) in [5, 5.41) is 3.95. The number of ether oxygens (including phenoxy) is 1. The second-order valence-corrected chi connectivity index (χ2v) is 7.32. The van der Waals surface area contributed by atoms with Crippen molar-refractivity contribution in [1.29, 1.82) is 0 Å². The summed E-state index contributed by atoms with van der Waals surface area (Å²) >= 11 is 0. The summed E-state index contributed by atoms with van der Waals surface area (Å²) in [7, 11) is 0. The van der Waals surface area contributed by atoms with Crippen molar-refractivity contribution in [1.82, 2.24) is 5.32 Å². The van der Waals surface area contributed by atoms with Gasteiger partial charge in [0, 0.05) is 24.1 Å². The zero-order chi connectivity index (χ0) is 16.4. The average molecular weight is 321 g/mol. The van der Waals surface area contributed by atoms with E-state index in [1.807, 2.05) is 0 Å². The van der Waals surface area contributed by atoms with Crippen LogP contribution in [0.15, 0.2) is 54.6 Å². The lowest BCUT2D eigenvalue weighted by molar-refractivity contribution is 0.0346. The van der Waals surface area contributed by atoms with Crippen LogP contribution in [0.25, 0.3) is 0 Å². The van der Waals surface area contributed by atoms with Crippen molar-refractivity contribution in [3.05, 3.63) is 65.7 Å². The van der Waals surface area contributed by atoms with Gasteiger partial charge in [0.15, 0.2) is 0 Å². The molecule has 1 N–H and O–H groups in total. The molecular formula is C22H27NO. The predicted molar refractivity (Wildman–Crippen MR) is 98.2 cm³/mol. The van der Waals surface area contributed by atoms with Crippen molar-refractivity contribution in [3.8, 4) is 5.75 Å². The van der Waals surface area contributed by atoms with E-state index in [0.717, 1.165) is 18.6 Å². The van der Waals surface area contributed by atoms with Gasteiger partial charge in [-0.05, 0) is 43.7 Å². The number of para-hydroxylation sites is 1. The van der Waals surface area contributed by atoms with Gasteiger partial charge in [0.2, 0.25) is 0 Å². The zero-order valence-electron chi connectivity index (χ0n) is 14.5. The minimum atomic E-state index is 0.0565. The van der Waals surface area contributed by atoms with Crippen molar-refractivity contribution >= 4 is 0 Å². The summed E-state index contributed by atoms with van der Waals surface area (Å²) in [5.41, 5.74) is 2.76. The van der Waals surface area contributed by atoms with Gasteiger partial charge < -0.3 is 10.1 Å². The summed E-state index contributed by atoms with van der Waals surface area (Å²) in [6.45, 7) is 2.27. The fourth-order valence-electron chi connectivity index (χ4n) is 4.47. The second kappa shape index (κ2) is 6.60. The SMILES string of the molecule is CCC(NC1CC2(CCCC2)Oc2ccccc21)c1ccccc1. The molecule has 2 aromatic carbocycles. The highest BCUT2D eigenvalue weighted by molar-refractivity contribution is 5.39. The van der Waals surface area contributed by atoms with Crippen LogP contribution >= 0.6 is 0 Å². The molecule has 126 valence electrons. The van der Waals surface area contributed by atoms with E-state index in [4.69, 9.17) is 4.74 Å². The van der Waals surface area contributed by atoms with Crippen LogP contribution in [0, 0.1) is 0 Å². The molecule has 2 aliphatic rings. The highest BCUT2D eigenvalue weighted by Crippen LogP contribution is 2.47. The fraction of sp³-hybridized carbons (Fsp3) is 0.455. The molecule has 2 unspecified atom stereocenters. The van der Waals surface area contributed by atoms with Crippen LogP contribution in [-0.4, -0.2) is 5.60 Å². The van der Waals surface area contributed by atoms with Crippen LogP contribution in [0.5, 0.6) is 5.75 Å². The first kappa shape index (κ1) is 15.7. The third-order valence-electron chi connectivity index (χ3n) is 5.72. The van der Waals surface area contributed by atoms with Crippen LogP contribution in [0.3, 0.4) is 0 Å². The lowest BCUT2D eigenvalue weighted by Crippen LogP contribution is -2.42. The maximum Gasteiger partial charge on any atom is 0.124 e. The summed E-state index contributed by atoms with van der Waals surface area (Å²) in [4.78, 5) is 0. The van der Waals surface area contributed by atoms with Gasteiger partial charge >= 0.3 is 0 Å². The van der Waals surface area contributed by atoms with Gasteiger partial charge in [0.25, 0.3) is 0 Å². The number of nitrogens with one attached hydrogen (secondary N) is 1. The third kappa shape index (κ3) is 2.95. The maximum absolute atomic E-state index is 6.49. The summed E-state index contributed by atoms with van der Waals surface area (Å²) in [5.74, 6) is 1.09. The van der Waals surface area contributed by atoms with Gasteiger partial charge in [-0.1, -0.05) is 55.5 Å². The Hall–Kier alpha value is -1.80. The molecule has 0 radical (unpaired) electrons. The molecule has 2 aromatic rings. The highest BCUT2D eigenvalue weighted by Gasteiger charge is 2.43. The van der Waals surface area contributed by atoms with Crippen molar-refractivity contribution in [2.45, 2.75) is 63.1 Å². The molecule has 4 rings (SSSR count). The Morgan fingerprint density at radius 1 is 1.04 bits per heavy atom. The van der Waals surface area contributed by atoms with Gasteiger partial charge in [-0.25, -0.2) is 0 Å². The Morgan fingerprint density at radius 3 is 2.50 bits per heavy atom. The van der Waals surface area contributed by atoms with Crippen LogP contribution in [-0.2, 0) is 0 Å².